The fraction of sp³-hybridized carbons (Fsp3) is 0.158. The van der Waals surface area contributed by atoms with E-state index in [1.54, 1.807) is 55.3 Å². The van der Waals surface area contributed by atoms with Gasteiger partial charge in [-0.3, -0.25) is 4.68 Å². The molecule has 0 amide bonds. The van der Waals surface area contributed by atoms with Crippen LogP contribution in [0.2, 0.25) is 0 Å². The molecule has 0 spiro atoms. The molecular weight excluding hydrogens is 367 g/mol. The third kappa shape index (κ3) is 4.95. The van der Waals surface area contributed by atoms with E-state index in [1.165, 1.54) is 12.1 Å². The van der Waals surface area contributed by atoms with Crippen LogP contribution < -0.4 is 20.1 Å². The summed E-state index contributed by atoms with van der Waals surface area (Å²) in [6.45, 7) is 0.534. The Kier molecular flexibility index (Phi) is 5.87. The molecule has 8 heteroatoms. The maximum atomic E-state index is 13.0. The summed E-state index contributed by atoms with van der Waals surface area (Å²) in [5.74, 6) is 1.66. The Labute approximate surface area is 161 Å². The number of hydrogen-bond acceptors (Lipinski definition) is 4. The summed E-state index contributed by atoms with van der Waals surface area (Å²) in [6.07, 6.45) is 1.82. The summed E-state index contributed by atoms with van der Waals surface area (Å²) >= 11 is 5.35. The first-order valence-electron chi connectivity index (χ1n) is 8.15. The molecule has 0 fully saturated rings. The Bertz CT molecular complexity index is 928. The van der Waals surface area contributed by atoms with Gasteiger partial charge in [0.25, 0.3) is 0 Å². The van der Waals surface area contributed by atoms with Gasteiger partial charge in [-0.1, -0.05) is 12.1 Å². The van der Waals surface area contributed by atoms with E-state index in [2.05, 4.69) is 15.7 Å². The minimum Gasteiger partial charge on any atom is -0.497 e. The van der Waals surface area contributed by atoms with Gasteiger partial charge in [-0.2, -0.15) is 5.10 Å². The first-order valence-corrected chi connectivity index (χ1v) is 8.56. The molecule has 3 aromatic rings. The standard InChI is InChI=1S/C19H19FN4O2S/c1-25-15-7-8-17(26-2)16(11-15)21-19(27)22-18-9-10-24(23-18)12-13-3-5-14(20)6-4-13/h3-11H,12H2,1-2H3,(H2,21,22,23,27). The minimum absolute atomic E-state index is 0.258. The van der Waals surface area contributed by atoms with Gasteiger partial charge in [-0.05, 0) is 42.0 Å². The van der Waals surface area contributed by atoms with Gasteiger partial charge >= 0.3 is 0 Å². The van der Waals surface area contributed by atoms with Crippen LogP contribution in [0.5, 0.6) is 11.5 Å². The maximum Gasteiger partial charge on any atom is 0.176 e. The van der Waals surface area contributed by atoms with E-state index >= 15 is 0 Å². The molecule has 27 heavy (non-hydrogen) atoms. The van der Waals surface area contributed by atoms with Crippen LogP contribution in [0.1, 0.15) is 5.56 Å². The number of anilines is 2. The first kappa shape index (κ1) is 18.7. The number of halogens is 1. The SMILES string of the molecule is COc1ccc(OC)c(NC(=S)Nc2ccn(Cc3ccc(F)cc3)n2)c1. The molecule has 0 aliphatic heterocycles. The number of thiocarbonyl (C=S) groups is 1. The van der Waals surface area contributed by atoms with Crippen molar-refractivity contribution in [2.75, 3.05) is 24.9 Å². The van der Waals surface area contributed by atoms with Gasteiger partial charge in [-0.25, -0.2) is 4.39 Å². The summed E-state index contributed by atoms with van der Waals surface area (Å²) in [5.41, 5.74) is 1.63. The van der Waals surface area contributed by atoms with E-state index < -0.39 is 0 Å². The normalized spacial score (nSPS) is 10.3. The second kappa shape index (κ2) is 8.50. The van der Waals surface area contributed by atoms with Crippen LogP contribution in [0.15, 0.2) is 54.7 Å². The zero-order chi connectivity index (χ0) is 19.2. The molecule has 3 rings (SSSR count). The van der Waals surface area contributed by atoms with E-state index in [9.17, 15) is 4.39 Å². The van der Waals surface area contributed by atoms with E-state index in [1.807, 2.05) is 6.20 Å². The number of rotatable bonds is 6. The third-order valence-corrected chi connectivity index (χ3v) is 4.00. The first-order chi connectivity index (χ1) is 13.1. The largest absolute Gasteiger partial charge is 0.497 e. The molecule has 1 heterocycles. The molecule has 140 valence electrons. The molecule has 0 bridgehead atoms. The summed E-state index contributed by atoms with van der Waals surface area (Å²) < 4.78 is 25.3. The Hall–Kier alpha value is -3.13. The van der Waals surface area contributed by atoms with Crippen LogP contribution in [-0.4, -0.2) is 29.1 Å². The van der Waals surface area contributed by atoms with Crippen molar-refractivity contribution in [3.8, 4) is 11.5 Å². The van der Waals surface area contributed by atoms with Crippen LogP contribution in [0, 0.1) is 5.82 Å². The highest BCUT2D eigenvalue weighted by atomic mass is 32.1. The van der Waals surface area contributed by atoms with E-state index in [4.69, 9.17) is 21.7 Å². The lowest BCUT2D eigenvalue weighted by Crippen LogP contribution is -2.20. The second-order valence-electron chi connectivity index (χ2n) is 5.67. The predicted molar refractivity (Wildman–Crippen MR) is 107 cm³/mol. The minimum atomic E-state index is -0.258. The van der Waals surface area contributed by atoms with Crippen LogP contribution in [-0.2, 0) is 6.54 Å². The Morgan fingerprint density at radius 2 is 1.85 bits per heavy atom. The molecular formula is C19H19FN4O2S. The molecule has 2 N–H and O–H groups in total. The van der Waals surface area contributed by atoms with Gasteiger partial charge in [0.05, 0.1) is 26.5 Å². The highest BCUT2D eigenvalue weighted by molar-refractivity contribution is 7.80. The monoisotopic (exact) mass is 386 g/mol. The van der Waals surface area contributed by atoms with E-state index in [0.29, 0.717) is 34.7 Å². The number of ether oxygens (including phenoxy) is 2. The van der Waals surface area contributed by atoms with Crippen molar-refractivity contribution in [3.05, 3.63) is 66.1 Å². The zero-order valence-corrected chi connectivity index (χ0v) is 15.7. The molecule has 0 atom stereocenters. The van der Waals surface area contributed by atoms with Crippen molar-refractivity contribution in [2.24, 2.45) is 0 Å². The van der Waals surface area contributed by atoms with Gasteiger partial charge in [-0.15, -0.1) is 0 Å². The highest BCUT2D eigenvalue weighted by Gasteiger charge is 2.08. The van der Waals surface area contributed by atoms with Crippen molar-refractivity contribution in [3.63, 3.8) is 0 Å². The molecule has 0 radical (unpaired) electrons. The Morgan fingerprint density at radius 3 is 2.56 bits per heavy atom. The lowest BCUT2D eigenvalue weighted by molar-refractivity contribution is 0.405. The number of methoxy groups -OCH3 is 2. The molecule has 0 saturated heterocycles. The van der Waals surface area contributed by atoms with Gasteiger partial charge in [0.2, 0.25) is 0 Å². The molecule has 2 aromatic carbocycles. The fourth-order valence-corrected chi connectivity index (χ4v) is 2.69. The average molecular weight is 386 g/mol. The van der Waals surface area contributed by atoms with Crippen molar-refractivity contribution >= 4 is 28.8 Å². The number of nitrogens with zero attached hydrogens (tertiary/aromatic N) is 2. The maximum absolute atomic E-state index is 13.0. The molecule has 1 aromatic heterocycles. The number of aromatic nitrogens is 2. The van der Waals surface area contributed by atoms with Crippen LogP contribution in [0.3, 0.4) is 0 Å². The summed E-state index contributed by atoms with van der Waals surface area (Å²) in [4.78, 5) is 0. The zero-order valence-electron chi connectivity index (χ0n) is 14.9. The number of hydrogen-bond donors (Lipinski definition) is 2. The quantitative estimate of drug-likeness (QED) is 0.627. The lowest BCUT2D eigenvalue weighted by atomic mass is 10.2. The summed E-state index contributed by atoms with van der Waals surface area (Å²) in [6, 6.07) is 13.5. The van der Waals surface area contributed by atoms with Gasteiger partial charge in [0.15, 0.2) is 10.9 Å². The number of benzene rings is 2. The van der Waals surface area contributed by atoms with Gasteiger partial charge in [0, 0.05) is 18.3 Å². The molecule has 6 nitrogen and oxygen atoms in total. The molecule has 0 unspecified atom stereocenters. The third-order valence-electron chi connectivity index (χ3n) is 3.79. The smallest absolute Gasteiger partial charge is 0.176 e. The molecule has 0 aliphatic carbocycles. The predicted octanol–water partition coefficient (Wildman–Crippen LogP) is 3.90. The van der Waals surface area contributed by atoms with E-state index in [-0.39, 0.29) is 5.82 Å². The van der Waals surface area contributed by atoms with E-state index in [0.717, 1.165) is 5.56 Å². The molecule has 0 saturated carbocycles. The van der Waals surface area contributed by atoms with Crippen LogP contribution >= 0.6 is 12.2 Å². The Morgan fingerprint density at radius 1 is 1.07 bits per heavy atom. The van der Waals surface area contributed by atoms with Crippen molar-refractivity contribution < 1.29 is 13.9 Å². The fourth-order valence-electron chi connectivity index (χ4n) is 2.47. The summed E-state index contributed by atoms with van der Waals surface area (Å²) in [5, 5.41) is 10.9. The van der Waals surface area contributed by atoms with Gasteiger partial charge < -0.3 is 20.1 Å². The summed E-state index contributed by atoms with van der Waals surface area (Å²) in [7, 11) is 3.18. The van der Waals surface area contributed by atoms with Crippen molar-refractivity contribution in [2.45, 2.75) is 6.54 Å². The topological polar surface area (TPSA) is 60.3 Å². The number of nitrogens with one attached hydrogen (secondary N) is 2. The highest BCUT2D eigenvalue weighted by Crippen LogP contribution is 2.29. The van der Waals surface area contributed by atoms with Crippen molar-refractivity contribution in [1.29, 1.82) is 0 Å². The van der Waals surface area contributed by atoms with Crippen LogP contribution in [0.25, 0.3) is 0 Å². The average Bonchev–Trinajstić information content (AvgIpc) is 3.10. The second-order valence-corrected chi connectivity index (χ2v) is 6.08. The Balaban J connectivity index is 1.63. The van der Waals surface area contributed by atoms with Crippen LogP contribution in [0.4, 0.5) is 15.9 Å². The lowest BCUT2D eigenvalue weighted by Gasteiger charge is -2.13. The van der Waals surface area contributed by atoms with Crippen molar-refractivity contribution in [1.82, 2.24) is 9.78 Å². The molecule has 0 aliphatic rings. The van der Waals surface area contributed by atoms with Gasteiger partial charge in [0.1, 0.15) is 17.3 Å².